The summed E-state index contributed by atoms with van der Waals surface area (Å²) in [6.07, 6.45) is 9.37. The van der Waals surface area contributed by atoms with Gasteiger partial charge in [0, 0.05) is 35.6 Å². The largest absolute Gasteiger partial charge is 0.490 e. The molecule has 3 heterocycles. The number of nitrogens with one attached hydrogen (secondary N) is 1. The number of ether oxygens (including phenoxy) is 1. The number of amides is 1. The summed E-state index contributed by atoms with van der Waals surface area (Å²) in [4.78, 5) is 18.4. The number of benzene rings is 2. The van der Waals surface area contributed by atoms with Crippen LogP contribution in [0.1, 0.15) is 100 Å². The van der Waals surface area contributed by atoms with E-state index in [1.54, 1.807) is 13.0 Å². The molecule has 2 aromatic carbocycles. The van der Waals surface area contributed by atoms with Crippen LogP contribution in [0.25, 0.3) is 0 Å². The molecule has 2 aliphatic carbocycles. The lowest BCUT2D eigenvalue weighted by atomic mass is 9.62. The molecule has 0 unspecified atom stereocenters. The van der Waals surface area contributed by atoms with E-state index in [-0.39, 0.29) is 23.2 Å². The lowest BCUT2D eigenvalue weighted by molar-refractivity contribution is -0.108. The van der Waals surface area contributed by atoms with Crippen LogP contribution >= 0.6 is 11.6 Å². The van der Waals surface area contributed by atoms with Crippen molar-refractivity contribution in [1.82, 2.24) is 9.62 Å². The van der Waals surface area contributed by atoms with Gasteiger partial charge in [0.1, 0.15) is 5.75 Å². The first-order chi connectivity index (χ1) is 23.4. The van der Waals surface area contributed by atoms with Gasteiger partial charge in [0.2, 0.25) is 10.0 Å². The van der Waals surface area contributed by atoms with Crippen LogP contribution in [0.5, 0.6) is 5.75 Å². The SMILES string of the molecule is CC1CCN(C[C@]2(O)CCC[C@H](C)[C@@H](C)S(=O)(=O)NC(=O)c3ccc4c(c3)N(C[C@@H]3CC[C@H]32)C[C@@]2(CCCc3cc(Cl)ccc32)CO4)CC1. The van der Waals surface area contributed by atoms with Crippen LogP contribution in [0.2, 0.25) is 5.02 Å². The molecule has 7 rings (SSSR count). The Hall–Kier alpha value is -2.33. The molecule has 0 radical (unpaired) electrons. The number of sulfonamides is 1. The minimum Gasteiger partial charge on any atom is -0.490 e. The van der Waals surface area contributed by atoms with Gasteiger partial charge >= 0.3 is 0 Å². The smallest absolute Gasteiger partial charge is 0.264 e. The lowest BCUT2D eigenvalue weighted by Crippen LogP contribution is -2.57. The molecule has 2 N–H and O–H groups in total. The van der Waals surface area contributed by atoms with Crippen LogP contribution in [0, 0.1) is 23.7 Å². The Labute approximate surface area is 298 Å². The van der Waals surface area contributed by atoms with Crippen molar-refractivity contribution in [3.63, 3.8) is 0 Å². The first kappa shape index (κ1) is 35.1. The van der Waals surface area contributed by atoms with E-state index in [9.17, 15) is 18.3 Å². The number of aryl methyl sites for hydroxylation is 1. The fraction of sp³-hybridized carbons (Fsp3) is 0.667. The van der Waals surface area contributed by atoms with E-state index in [0.29, 0.717) is 49.8 Å². The Morgan fingerprint density at radius 1 is 1.00 bits per heavy atom. The number of piperidine rings is 1. The molecule has 2 aromatic rings. The number of nitrogens with zero attached hydrogens (tertiary/aromatic N) is 2. The van der Waals surface area contributed by atoms with E-state index in [2.05, 4.69) is 33.6 Å². The summed E-state index contributed by atoms with van der Waals surface area (Å²) in [5.74, 6) is 1.06. The summed E-state index contributed by atoms with van der Waals surface area (Å²) < 4.78 is 36.0. The fourth-order valence-corrected chi connectivity index (χ4v) is 11.1. The van der Waals surface area contributed by atoms with E-state index in [0.717, 1.165) is 81.7 Å². The number of hydrogen-bond donors (Lipinski definition) is 2. The van der Waals surface area contributed by atoms with Crippen molar-refractivity contribution in [3.05, 3.63) is 58.1 Å². The molecular weight excluding hydrogens is 658 g/mol. The quantitative estimate of drug-likeness (QED) is 0.364. The second-order valence-electron chi connectivity index (χ2n) is 16.3. The highest BCUT2D eigenvalue weighted by Crippen LogP contribution is 2.49. The molecule has 5 aliphatic rings. The average molecular weight is 712 g/mol. The Morgan fingerprint density at radius 2 is 1.80 bits per heavy atom. The van der Waals surface area contributed by atoms with Gasteiger partial charge < -0.3 is 19.6 Å². The molecule has 2 bridgehead atoms. The number of halogens is 1. The first-order valence-corrected chi connectivity index (χ1v) is 20.6. The van der Waals surface area contributed by atoms with E-state index in [1.807, 2.05) is 25.1 Å². The zero-order valence-electron chi connectivity index (χ0n) is 29.4. The molecule has 49 heavy (non-hydrogen) atoms. The zero-order valence-corrected chi connectivity index (χ0v) is 31.0. The van der Waals surface area contributed by atoms with E-state index < -0.39 is 26.8 Å². The van der Waals surface area contributed by atoms with Crippen molar-refractivity contribution in [2.24, 2.45) is 23.7 Å². The van der Waals surface area contributed by atoms with Gasteiger partial charge in [0.25, 0.3) is 5.91 Å². The van der Waals surface area contributed by atoms with Gasteiger partial charge in [0.05, 0.1) is 23.1 Å². The summed E-state index contributed by atoms with van der Waals surface area (Å²) >= 11 is 6.47. The molecule has 0 aromatic heterocycles. The summed E-state index contributed by atoms with van der Waals surface area (Å²) in [7, 11) is -3.93. The molecule has 1 saturated heterocycles. The highest BCUT2D eigenvalue weighted by atomic mass is 35.5. The Bertz CT molecular complexity index is 1660. The molecular formula is C39H54ClN3O5S. The van der Waals surface area contributed by atoms with Crippen molar-refractivity contribution < 1.29 is 23.1 Å². The topological polar surface area (TPSA) is 99.2 Å². The van der Waals surface area contributed by atoms with Crippen molar-refractivity contribution in [1.29, 1.82) is 0 Å². The van der Waals surface area contributed by atoms with E-state index in [4.69, 9.17) is 16.3 Å². The minimum absolute atomic E-state index is 0.142. The Kier molecular flexibility index (Phi) is 9.78. The summed E-state index contributed by atoms with van der Waals surface area (Å²) in [6, 6.07) is 11.6. The monoisotopic (exact) mass is 711 g/mol. The molecule has 10 heteroatoms. The summed E-state index contributed by atoms with van der Waals surface area (Å²) in [5.41, 5.74) is 2.54. The predicted molar refractivity (Wildman–Crippen MR) is 195 cm³/mol. The molecule has 2 fully saturated rings. The Morgan fingerprint density at radius 3 is 2.55 bits per heavy atom. The average Bonchev–Trinajstić information content (AvgIpc) is 3.19. The number of hydrogen-bond acceptors (Lipinski definition) is 7. The number of β-amino-alcohol motifs (C(OH)–C–C–N with tert-alkyl or cyclic N) is 1. The van der Waals surface area contributed by atoms with Crippen LogP contribution in [0.3, 0.4) is 0 Å². The summed E-state index contributed by atoms with van der Waals surface area (Å²) in [6.45, 7) is 10.6. The second-order valence-corrected chi connectivity index (χ2v) is 18.8. The predicted octanol–water partition coefficient (Wildman–Crippen LogP) is 6.57. The van der Waals surface area contributed by atoms with E-state index in [1.165, 1.54) is 11.1 Å². The van der Waals surface area contributed by atoms with Crippen LogP contribution < -0.4 is 14.4 Å². The van der Waals surface area contributed by atoms with Crippen molar-refractivity contribution in [2.45, 2.75) is 101 Å². The maximum Gasteiger partial charge on any atom is 0.264 e. The van der Waals surface area contributed by atoms with Crippen LogP contribution in [0.4, 0.5) is 5.69 Å². The van der Waals surface area contributed by atoms with Crippen molar-refractivity contribution >= 4 is 33.2 Å². The Balaban J connectivity index is 1.28. The number of rotatable bonds is 2. The molecule has 6 atom stereocenters. The normalized spacial score (nSPS) is 34.1. The second kappa shape index (κ2) is 13.7. The number of carbonyl (C=O) groups excluding carboxylic acids is 1. The number of anilines is 1. The van der Waals surface area contributed by atoms with Crippen molar-refractivity contribution in [2.75, 3.05) is 44.2 Å². The molecule has 1 saturated carbocycles. The van der Waals surface area contributed by atoms with Gasteiger partial charge in [-0.1, -0.05) is 37.9 Å². The van der Waals surface area contributed by atoms with Crippen LogP contribution in [-0.2, 0) is 21.9 Å². The number of aliphatic hydroxyl groups is 1. The third-order valence-electron chi connectivity index (χ3n) is 13.0. The zero-order chi connectivity index (χ0) is 34.6. The standard InChI is InChI=1S/C39H54ClN3O5S/c1-26-14-18-42(19-15-26)24-39(45)17-4-6-27(2)28(3)49(46,47)41-37(44)30-9-13-36-35(21-30)43(22-31-8-11-34(31)39)23-38(25-48-36)16-5-7-29-20-32(40)10-12-33(29)38/h9-10,12-13,20-21,26-28,31,34,45H,4-8,11,14-19,22-25H2,1-3H3,(H,41,44)/t27-,28+,31-,34+,38-,39+/m0/s1. The summed E-state index contributed by atoms with van der Waals surface area (Å²) in [5, 5.41) is 12.7. The van der Waals surface area contributed by atoms with Gasteiger partial charge in [-0.2, -0.15) is 0 Å². The minimum atomic E-state index is -3.93. The molecule has 1 spiro atoms. The fourth-order valence-electron chi connectivity index (χ4n) is 9.57. The van der Waals surface area contributed by atoms with Gasteiger partial charge in [-0.25, -0.2) is 13.1 Å². The maximum atomic E-state index is 13.6. The molecule has 1 amide bonds. The highest BCUT2D eigenvalue weighted by Gasteiger charge is 2.49. The first-order valence-electron chi connectivity index (χ1n) is 18.7. The van der Waals surface area contributed by atoms with E-state index >= 15 is 0 Å². The number of likely N-dealkylation sites (tertiary alicyclic amines) is 1. The van der Waals surface area contributed by atoms with Gasteiger partial charge in [0.15, 0.2) is 0 Å². The third-order valence-corrected chi connectivity index (χ3v) is 15.2. The molecule has 268 valence electrons. The van der Waals surface area contributed by atoms with Gasteiger partial charge in [-0.05, 0) is 143 Å². The number of fused-ring (bicyclic) bond motifs is 4. The van der Waals surface area contributed by atoms with Gasteiger partial charge in [-0.15, -0.1) is 0 Å². The van der Waals surface area contributed by atoms with Gasteiger partial charge in [-0.3, -0.25) is 4.79 Å². The van der Waals surface area contributed by atoms with Crippen LogP contribution in [0.15, 0.2) is 36.4 Å². The lowest BCUT2D eigenvalue weighted by Gasteiger charge is -2.52. The molecule has 3 aliphatic heterocycles. The highest BCUT2D eigenvalue weighted by molar-refractivity contribution is 7.90. The third kappa shape index (κ3) is 6.98. The molecule has 8 nitrogen and oxygen atoms in total. The van der Waals surface area contributed by atoms with Crippen LogP contribution in [-0.4, -0.2) is 74.5 Å². The van der Waals surface area contributed by atoms with Crippen molar-refractivity contribution in [3.8, 4) is 5.75 Å². The maximum absolute atomic E-state index is 13.6. The number of carbonyl (C=O) groups is 1.